The molecule has 4 nitrogen and oxygen atoms in total. The number of anilines is 1. The van der Waals surface area contributed by atoms with E-state index < -0.39 is 15.8 Å². The summed E-state index contributed by atoms with van der Waals surface area (Å²) in [5, 5.41) is 0. The van der Waals surface area contributed by atoms with Crippen molar-refractivity contribution in [2.24, 2.45) is 0 Å². The number of nitrogen functional groups attached to an aromatic ring is 1. The molecule has 2 aromatic rings. The Kier molecular flexibility index (Phi) is 4.65. The van der Waals surface area contributed by atoms with Gasteiger partial charge in [0.15, 0.2) is 0 Å². The van der Waals surface area contributed by atoms with Gasteiger partial charge in [0, 0.05) is 16.7 Å². The van der Waals surface area contributed by atoms with Gasteiger partial charge in [0.25, 0.3) is 0 Å². The quantitative estimate of drug-likeness (QED) is 0.810. The molecule has 0 saturated heterocycles. The summed E-state index contributed by atoms with van der Waals surface area (Å²) < 4.78 is 40.8. The fourth-order valence-electron chi connectivity index (χ4n) is 1.86. The third-order valence-corrected chi connectivity index (χ3v) is 5.00. The van der Waals surface area contributed by atoms with Crippen molar-refractivity contribution < 1.29 is 12.8 Å². The summed E-state index contributed by atoms with van der Waals surface area (Å²) in [6.07, 6.45) is 0. The first-order valence-corrected chi connectivity index (χ1v) is 8.37. The van der Waals surface area contributed by atoms with Crippen molar-refractivity contribution in [2.75, 3.05) is 5.73 Å². The molecule has 2 rings (SSSR count). The van der Waals surface area contributed by atoms with E-state index in [9.17, 15) is 12.8 Å². The van der Waals surface area contributed by atoms with E-state index in [2.05, 4.69) is 20.7 Å². The molecule has 0 aromatic heterocycles. The second-order valence-electron chi connectivity index (χ2n) is 4.57. The number of hydrogen-bond acceptors (Lipinski definition) is 3. The molecule has 0 bridgehead atoms. The van der Waals surface area contributed by atoms with Crippen LogP contribution >= 0.6 is 15.9 Å². The van der Waals surface area contributed by atoms with Gasteiger partial charge >= 0.3 is 0 Å². The van der Waals surface area contributed by atoms with Crippen LogP contribution in [0.3, 0.4) is 0 Å². The summed E-state index contributed by atoms with van der Waals surface area (Å²) in [4.78, 5) is 0.103. The predicted molar refractivity (Wildman–Crippen MR) is 83.7 cm³/mol. The Morgan fingerprint density at radius 3 is 2.67 bits per heavy atom. The number of halogens is 2. The molecule has 0 saturated carbocycles. The van der Waals surface area contributed by atoms with Crippen LogP contribution in [0.2, 0.25) is 0 Å². The first-order valence-electron chi connectivity index (χ1n) is 6.09. The number of benzene rings is 2. The van der Waals surface area contributed by atoms with Gasteiger partial charge in [-0.05, 0) is 42.3 Å². The zero-order chi connectivity index (χ0) is 15.6. The highest BCUT2D eigenvalue weighted by Crippen LogP contribution is 2.26. The lowest BCUT2D eigenvalue weighted by atomic mass is 10.2. The van der Waals surface area contributed by atoms with Crippen LogP contribution in [0.4, 0.5) is 10.1 Å². The van der Waals surface area contributed by atoms with E-state index in [1.807, 2.05) is 0 Å². The van der Waals surface area contributed by atoms with E-state index in [1.54, 1.807) is 19.1 Å². The van der Waals surface area contributed by atoms with Gasteiger partial charge in [-0.3, -0.25) is 0 Å². The standard InChI is InChI=1S/C14H14BrFN2O2S/c1-9-13(17)6-11(15)7-14(9)21(19,20)18-8-10-3-2-4-12(16)5-10/h2-7,18H,8,17H2,1H3. The summed E-state index contributed by atoms with van der Waals surface area (Å²) in [5.41, 5.74) is 7.18. The van der Waals surface area contributed by atoms with Crippen LogP contribution < -0.4 is 10.5 Å². The zero-order valence-electron chi connectivity index (χ0n) is 11.2. The minimum atomic E-state index is -3.73. The smallest absolute Gasteiger partial charge is 0.241 e. The topological polar surface area (TPSA) is 72.2 Å². The molecule has 0 fully saturated rings. The van der Waals surface area contributed by atoms with Crippen LogP contribution in [0.15, 0.2) is 45.8 Å². The molecule has 0 aliphatic rings. The maximum Gasteiger partial charge on any atom is 0.241 e. The van der Waals surface area contributed by atoms with Crippen molar-refractivity contribution in [3.63, 3.8) is 0 Å². The molecule has 7 heteroatoms. The van der Waals surface area contributed by atoms with Gasteiger partial charge in [-0.15, -0.1) is 0 Å². The predicted octanol–water partition coefficient (Wildman–Crippen LogP) is 2.96. The van der Waals surface area contributed by atoms with Gasteiger partial charge in [0.05, 0.1) is 4.90 Å². The van der Waals surface area contributed by atoms with Crippen molar-refractivity contribution in [1.29, 1.82) is 0 Å². The van der Waals surface area contributed by atoms with E-state index in [4.69, 9.17) is 5.73 Å². The minimum absolute atomic E-state index is 0.00590. The highest BCUT2D eigenvalue weighted by molar-refractivity contribution is 9.10. The van der Waals surface area contributed by atoms with Crippen LogP contribution in [0.1, 0.15) is 11.1 Å². The third-order valence-electron chi connectivity index (χ3n) is 3.01. The normalized spacial score (nSPS) is 11.6. The van der Waals surface area contributed by atoms with Gasteiger partial charge in [-0.1, -0.05) is 28.1 Å². The largest absolute Gasteiger partial charge is 0.398 e. The van der Waals surface area contributed by atoms with Crippen LogP contribution in [0, 0.1) is 12.7 Å². The molecule has 2 aromatic carbocycles. The number of hydrogen-bond donors (Lipinski definition) is 2. The Morgan fingerprint density at radius 1 is 1.29 bits per heavy atom. The Balaban J connectivity index is 2.27. The van der Waals surface area contributed by atoms with E-state index in [0.717, 1.165) is 0 Å². The molecule has 0 aliphatic heterocycles. The van der Waals surface area contributed by atoms with Crippen molar-refractivity contribution in [1.82, 2.24) is 4.72 Å². The summed E-state index contributed by atoms with van der Waals surface area (Å²) in [6.45, 7) is 1.64. The molecule has 0 unspecified atom stereocenters. The Labute approximate surface area is 131 Å². The number of sulfonamides is 1. The maximum absolute atomic E-state index is 13.1. The van der Waals surface area contributed by atoms with Crippen LogP contribution in [-0.2, 0) is 16.6 Å². The molecular weight excluding hydrogens is 359 g/mol. The molecule has 0 aliphatic carbocycles. The molecule has 21 heavy (non-hydrogen) atoms. The number of nitrogens with two attached hydrogens (primary N) is 1. The average Bonchev–Trinajstić information content (AvgIpc) is 2.41. The van der Waals surface area contributed by atoms with E-state index in [1.165, 1.54) is 24.3 Å². The van der Waals surface area contributed by atoms with E-state index in [-0.39, 0.29) is 11.4 Å². The number of rotatable bonds is 4. The van der Waals surface area contributed by atoms with Crippen LogP contribution in [0.25, 0.3) is 0 Å². The molecule has 0 spiro atoms. The maximum atomic E-state index is 13.1. The summed E-state index contributed by atoms with van der Waals surface area (Å²) in [7, 11) is -3.73. The van der Waals surface area contributed by atoms with Crippen LogP contribution in [0.5, 0.6) is 0 Å². The van der Waals surface area contributed by atoms with Gasteiger partial charge in [-0.25, -0.2) is 17.5 Å². The van der Waals surface area contributed by atoms with Gasteiger partial charge in [0.2, 0.25) is 10.0 Å². The molecule has 0 amide bonds. The Bertz CT molecular complexity index is 779. The van der Waals surface area contributed by atoms with Crippen molar-refractivity contribution >= 4 is 31.6 Å². The van der Waals surface area contributed by atoms with Gasteiger partial charge < -0.3 is 5.73 Å². The second kappa shape index (κ2) is 6.13. The average molecular weight is 373 g/mol. The SMILES string of the molecule is Cc1c(N)cc(Br)cc1S(=O)(=O)NCc1cccc(F)c1. The molecule has 0 radical (unpaired) electrons. The molecular formula is C14H14BrFN2O2S. The van der Waals surface area contributed by atoms with Gasteiger partial charge in [0.1, 0.15) is 5.82 Å². The highest BCUT2D eigenvalue weighted by atomic mass is 79.9. The fourth-order valence-corrected chi connectivity index (χ4v) is 3.80. The van der Waals surface area contributed by atoms with Crippen LogP contribution in [-0.4, -0.2) is 8.42 Å². The summed E-state index contributed by atoms with van der Waals surface area (Å²) in [6, 6.07) is 8.89. The molecule has 0 atom stereocenters. The van der Waals surface area contributed by atoms with Crippen molar-refractivity contribution in [3.05, 3.63) is 57.8 Å². The molecule has 3 N–H and O–H groups in total. The fraction of sp³-hybridized carbons (Fsp3) is 0.143. The molecule has 112 valence electrons. The minimum Gasteiger partial charge on any atom is -0.398 e. The highest BCUT2D eigenvalue weighted by Gasteiger charge is 2.18. The lowest BCUT2D eigenvalue weighted by Crippen LogP contribution is -2.24. The van der Waals surface area contributed by atoms with E-state index in [0.29, 0.717) is 21.3 Å². The Morgan fingerprint density at radius 2 is 2.00 bits per heavy atom. The van der Waals surface area contributed by atoms with Crippen molar-refractivity contribution in [3.8, 4) is 0 Å². The first kappa shape index (κ1) is 15.9. The zero-order valence-corrected chi connectivity index (χ0v) is 13.6. The van der Waals surface area contributed by atoms with Crippen molar-refractivity contribution in [2.45, 2.75) is 18.4 Å². The summed E-state index contributed by atoms with van der Waals surface area (Å²) in [5.74, 6) is -0.408. The lowest BCUT2D eigenvalue weighted by molar-refractivity contribution is 0.579. The lowest BCUT2D eigenvalue weighted by Gasteiger charge is -2.12. The third kappa shape index (κ3) is 3.81. The summed E-state index contributed by atoms with van der Waals surface area (Å²) >= 11 is 3.22. The first-order chi connectivity index (χ1) is 9.79. The number of nitrogens with one attached hydrogen (secondary N) is 1. The second-order valence-corrected chi connectivity index (χ2v) is 7.22. The monoisotopic (exact) mass is 372 g/mol. The Hall–Kier alpha value is -1.44. The molecule has 0 heterocycles. The van der Waals surface area contributed by atoms with Gasteiger partial charge in [-0.2, -0.15) is 0 Å². The van der Waals surface area contributed by atoms with E-state index >= 15 is 0 Å².